The Morgan fingerprint density at radius 3 is 2.52 bits per heavy atom. The highest BCUT2D eigenvalue weighted by Crippen LogP contribution is 2.21. The van der Waals surface area contributed by atoms with Crippen molar-refractivity contribution < 1.29 is 9.47 Å². The molecule has 3 fully saturated rings. The number of rotatable bonds is 5. The van der Waals surface area contributed by atoms with E-state index in [4.69, 9.17) is 9.47 Å². The van der Waals surface area contributed by atoms with Gasteiger partial charge in [-0.15, -0.1) is 24.0 Å². The molecule has 1 aromatic carbocycles. The molecule has 174 valence electrons. The Kier molecular flexibility index (Phi) is 10.3. The van der Waals surface area contributed by atoms with Gasteiger partial charge in [0, 0.05) is 39.8 Å². The van der Waals surface area contributed by atoms with Crippen LogP contribution >= 0.6 is 24.0 Å². The van der Waals surface area contributed by atoms with E-state index in [1.54, 1.807) is 0 Å². The average Bonchev–Trinajstić information content (AvgIpc) is 3.20. The number of aliphatic imine (C=N–C) groups is 1. The van der Waals surface area contributed by atoms with Crippen LogP contribution in [0.5, 0.6) is 0 Å². The van der Waals surface area contributed by atoms with E-state index in [0.717, 1.165) is 58.2 Å². The van der Waals surface area contributed by atoms with Gasteiger partial charge in [-0.2, -0.15) is 0 Å². The maximum atomic E-state index is 5.99. The van der Waals surface area contributed by atoms with Gasteiger partial charge in [0.05, 0.1) is 12.7 Å². The second-order valence-electron chi connectivity index (χ2n) is 8.82. The third-order valence-corrected chi connectivity index (χ3v) is 6.53. The van der Waals surface area contributed by atoms with E-state index in [0.29, 0.717) is 0 Å². The number of halogens is 1. The zero-order chi connectivity index (χ0) is 20.6. The summed E-state index contributed by atoms with van der Waals surface area (Å²) in [6.07, 6.45) is 8.08. The number of hydrogen-bond acceptors (Lipinski definition) is 4. The molecule has 0 saturated carbocycles. The molecular weight excluding hydrogens is 503 g/mol. The van der Waals surface area contributed by atoms with Gasteiger partial charge in [-0.3, -0.25) is 9.89 Å². The number of benzene rings is 1. The van der Waals surface area contributed by atoms with Crippen molar-refractivity contribution in [2.24, 2.45) is 4.99 Å². The van der Waals surface area contributed by atoms with Gasteiger partial charge in [0.15, 0.2) is 5.96 Å². The Bertz CT molecular complexity index is 688. The van der Waals surface area contributed by atoms with Crippen molar-refractivity contribution in [3.8, 4) is 0 Å². The summed E-state index contributed by atoms with van der Waals surface area (Å²) in [5.41, 5.74) is 2.73. The lowest BCUT2D eigenvalue weighted by Crippen LogP contribution is -2.53. The summed E-state index contributed by atoms with van der Waals surface area (Å²) >= 11 is 0. The molecule has 0 bridgehead atoms. The van der Waals surface area contributed by atoms with Crippen LogP contribution in [0.15, 0.2) is 29.3 Å². The van der Waals surface area contributed by atoms with Gasteiger partial charge < -0.3 is 19.7 Å². The van der Waals surface area contributed by atoms with Gasteiger partial charge in [-0.1, -0.05) is 37.1 Å². The lowest BCUT2D eigenvalue weighted by atomic mass is 10.1. The van der Waals surface area contributed by atoms with Crippen LogP contribution in [0, 0.1) is 0 Å². The molecule has 1 N–H and O–H groups in total. The normalized spacial score (nSPS) is 25.7. The van der Waals surface area contributed by atoms with Gasteiger partial charge in [0.25, 0.3) is 0 Å². The van der Waals surface area contributed by atoms with Crippen LogP contribution < -0.4 is 5.32 Å². The molecule has 3 saturated heterocycles. The maximum Gasteiger partial charge on any atom is 0.194 e. The van der Waals surface area contributed by atoms with Gasteiger partial charge in [-0.05, 0) is 49.9 Å². The molecule has 1 aromatic rings. The molecule has 2 unspecified atom stereocenters. The van der Waals surface area contributed by atoms with Crippen molar-refractivity contribution in [1.82, 2.24) is 15.1 Å². The summed E-state index contributed by atoms with van der Waals surface area (Å²) in [5.74, 6) is 0.958. The molecule has 0 spiro atoms. The molecule has 2 atom stereocenters. The summed E-state index contributed by atoms with van der Waals surface area (Å²) in [6, 6.07) is 9.01. The quantitative estimate of drug-likeness (QED) is 0.350. The lowest BCUT2D eigenvalue weighted by Gasteiger charge is -2.37. The Hall–Kier alpha value is -0.900. The molecule has 6 nitrogen and oxygen atoms in total. The lowest BCUT2D eigenvalue weighted by molar-refractivity contribution is -0.0817. The number of hydrogen-bond donors (Lipinski definition) is 1. The molecule has 0 radical (unpaired) electrons. The Morgan fingerprint density at radius 1 is 1.00 bits per heavy atom. The molecule has 4 rings (SSSR count). The summed E-state index contributed by atoms with van der Waals surface area (Å²) in [5, 5.41) is 3.57. The van der Waals surface area contributed by atoms with E-state index in [1.165, 1.54) is 49.9 Å². The Balaban J connectivity index is 0.00000272. The van der Waals surface area contributed by atoms with E-state index < -0.39 is 0 Å². The number of nitrogens with zero attached hydrogens (tertiary/aromatic N) is 3. The number of likely N-dealkylation sites (tertiary alicyclic amines) is 1. The zero-order valence-electron chi connectivity index (χ0n) is 18.9. The molecule has 3 aliphatic heterocycles. The van der Waals surface area contributed by atoms with Gasteiger partial charge in [0.1, 0.15) is 6.10 Å². The monoisotopic (exact) mass is 542 g/mol. The third kappa shape index (κ3) is 7.30. The van der Waals surface area contributed by atoms with Gasteiger partial charge in [-0.25, -0.2) is 0 Å². The molecular formula is C24H39IN4O2. The first-order chi connectivity index (χ1) is 14.8. The largest absolute Gasteiger partial charge is 0.375 e. The van der Waals surface area contributed by atoms with Crippen LogP contribution in [-0.4, -0.2) is 74.4 Å². The van der Waals surface area contributed by atoms with Gasteiger partial charge in [0.2, 0.25) is 0 Å². The number of nitrogens with one attached hydrogen (secondary N) is 1. The predicted octanol–water partition coefficient (Wildman–Crippen LogP) is 3.64. The van der Waals surface area contributed by atoms with Crippen LogP contribution in [-0.2, 0) is 22.6 Å². The van der Waals surface area contributed by atoms with E-state index in [2.05, 4.69) is 44.4 Å². The van der Waals surface area contributed by atoms with Crippen molar-refractivity contribution >= 4 is 29.9 Å². The van der Waals surface area contributed by atoms with Crippen molar-refractivity contribution in [3.05, 3.63) is 35.4 Å². The fourth-order valence-corrected chi connectivity index (χ4v) is 4.89. The van der Waals surface area contributed by atoms with Crippen LogP contribution in [0.2, 0.25) is 0 Å². The Labute approximate surface area is 204 Å². The van der Waals surface area contributed by atoms with Crippen molar-refractivity contribution in [1.29, 1.82) is 0 Å². The highest BCUT2D eigenvalue weighted by Gasteiger charge is 2.32. The van der Waals surface area contributed by atoms with E-state index >= 15 is 0 Å². The van der Waals surface area contributed by atoms with Crippen LogP contribution in [0.25, 0.3) is 0 Å². The molecule has 3 heterocycles. The smallest absolute Gasteiger partial charge is 0.194 e. The Morgan fingerprint density at radius 2 is 1.77 bits per heavy atom. The molecule has 0 aliphatic carbocycles. The van der Waals surface area contributed by atoms with Gasteiger partial charge >= 0.3 is 0 Å². The first-order valence-electron chi connectivity index (χ1n) is 11.8. The fourth-order valence-electron chi connectivity index (χ4n) is 4.89. The second-order valence-corrected chi connectivity index (χ2v) is 8.82. The summed E-state index contributed by atoms with van der Waals surface area (Å²) in [6.45, 7) is 7.65. The van der Waals surface area contributed by atoms with Crippen LogP contribution in [0.3, 0.4) is 0 Å². The minimum atomic E-state index is 0. The summed E-state index contributed by atoms with van der Waals surface area (Å²) in [7, 11) is 1.87. The molecule has 31 heavy (non-hydrogen) atoms. The van der Waals surface area contributed by atoms with Crippen molar-refractivity contribution in [2.45, 2.75) is 63.8 Å². The van der Waals surface area contributed by atoms with E-state index in [-0.39, 0.29) is 36.2 Å². The molecule has 3 aliphatic rings. The van der Waals surface area contributed by atoms with Crippen molar-refractivity contribution in [2.75, 3.05) is 46.4 Å². The fraction of sp³-hybridized carbons (Fsp3) is 0.708. The minimum absolute atomic E-state index is 0. The highest BCUT2D eigenvalue weighted by molar-refractivity contribution is 14.0. The molecule has 7 heteroatoms. The van der Waals surface area contributed by atoms with Crippen LogP contribution in [0.1, 0.15) is 49.7 Å². The number of morpholine rings is 1. The molecule has 0 aromatic heterocycles. The number of ether oxygens (including phenoxy) is 2. The van der Waals surface area contributed by atoms with Crippen molar-refractivity contribution in [3.63, 3.8) is 0 Å². The average molecular weight is 543 g/mol. The maximum absolute atomic E-state index is 5.99. The predicted molar refractivity (Wildman–Crippen MR) is 136 cm³/mol. The summed E-state index contributed by atoms with van der Waals surface area (Å²) in [4.78, 5) is 9.47. The molecule has 0 amide bonds. The first kappa shape index (κ1) is 24.7. The highest BCUT2D eigenvalue weighted by atomic mass is 127. The first-order valence-corrected chi connectivity index (χ1v) is 11.8. The second kappa shape index (κ2) is 13.0. The third-order valence-electron chi connectivity index (χ3n) is 6.53. The van der Waals surface area contributed by atoms with Crippen LogP contribution in [0.4, 0.5) is 0 Å². The summed E-state index contributed by atoms with van der Waals surface area (Å²) < 4.78 is 11.8. The minimum Gasteiger partial charge on any atom is -0.375 e. The standard InChI is InChI=1S/C24H38N4O2.HI/c1-25-24(28-13-15-30-23(19-28)22-10-7-14-29-22)26-17-20-8-6-9-21(16-20)18-27-11-4-2-3-5-12-27;/h6,8-9,16,22-23H,2-5,7,10-15,17-19H2,1H3,(H,25,26);1H. The zero-order valence-corrected chi connectivity index (χ0v) is 21.3. The van der Waals surface area contributed by atoms with E-state index in [9.17, 15) is 0 Å². The van der Waals surface area contributed by atoms with E-state index in [1.807, 2.05) is 7.05 Å². The number of guanidine groups is 1. The SMILES string of the molecule is CN=C(NCc1cccc(CN2CCCCCC2)c1)N1CCOC(C2CCCO2)C1.I. The topological polar surface area (TPSA) is 49.3 Å².